The predicted molar refractivity (Wildman–Crippen MR) is 85.0 cm³/mol. The molecule has 0 aliphatic heterocycles. The molecular weight excluding hydrogens is 276 g/mol. The SMILES string of the molecule is COc1cn(C2CCCC2)cc1-c1ccc(OCC#N)cc1. The van der Waals surface area contributed by atoms with Crippen LogP contribution in [-0.4, -0.2) is 18.3 Å². The van der Waals surface area contributed by atoms with Gasteiger partial charge in [0.2, 0.25) is 0 Å². The van der Waals surface area contributed by atoms with Crippen molar-refractivity contribution in [1.82, 2.24) is 4.57 Å². The number of rotatable bonds is 5. The molecule has 4 nitrogen and oxygen atoms in total. The van der Waals surface area contributed by atoms with Gasteiger partial charge in [-0.25, -0.2) is 0 Å². The molecule has 2 aromatic rings. The Balaban J connectivity index is 1.85. The van der Waals surface area contributed by atoms with Crippen LogP contribution in [0.5, 0.6) is 11.5 Å². The smallest absolute Gasteiger partial charge is 0.174 e. The molecule has 22 heavy (non-hydrogen) atoms. The lowest BCUT2D eigenvalue weighted by Crippen LogP contribution is -2.00. The minimum Gasteiger partial charge on any atom is -0.495 e. The van der Waals surface area contributed by atoms with Crippen molar-refractivity contribution in [3.63, 3.8) is 0 Å². The highest BCUT2D eigenvalue weighted by atomic mass is 16.5. The molecule has 1 aromatic heterocycles. The molecular formula is C18H20N2O2. The van der Waals surface area contributed by atoms with Crippen LogP contribution in [-0.2, 0) is 0 Å². The zero-order valence-corrected chi connectivity index (χ0v) is 12.8. The van der Waals surface area contributed by atoms with E-state index in [-0.39, 0.29) is 6.61 Å². The first-order valence-electron chi connectivity index (χ1n) is 7.67. The highest BCUT2D eigenvalue weighted by Gasteiger charge is 2.19. The van der Waals surface area contributed by atoms with Gasteiger partial charge in [0.25, 0.3) is 0 Å². The monoisotopic (exact) mass is 296 g/mol. The largest absolute Gasteiger partial charge is 0.495 e. The van der Waals surface area contributed by atoms with Crippen LogP contribution in [0.1, 0.15) is 31.7 Å². The molecule has 0 amide bonds. The second kappa shape index (κ2) is 6.57. The first-order valence-corrected chi connectivity index (χ1v) is 7.67. The van der Waals surface area contributed by atoms with Gasteiger partial charge >= 0.3 is 0 Å². The van der Waals surface area contributed by atoms with Gasteiger partial charge in [-0.15, -0.1) is 0 Å². The number of methoxy groups -OCH3 is 1. The molecule has 3 rings (SSSR count). The Morgan fingerprint density at radius 1 is 1.18 bits per heavy atom. The van der Waals surface area contributed by atoms with Crippen LogP contribution >= 0.6 is 0 Å². The van der Waals surface area contributed by atoms with Crippen LogP contribution in [0.15, 0.2) is 36.7 Å². The van der Waals surface area contributed by atoms with Gasteiger partial charge in [-0.1, -0.05) is 25.0 Å². The second-order valence-corrected chi connectivity index (χ2v) is 5.60. The maximum Gasteiger partial charge on any atom is 0.174 e. The van der Waals surface area contributed by atoms with Gasteiger partial charge in [0.15, 0.2) is 6.61 Å². The minimum absolute atomic E-state index is 0.0702. The van der Waals surface area contributed by atoms with Gasteiger partial charge < -0.3 is 14.0 Å². The van der Waals surface area contributed by atoms with Crippen molar-refractivity contribution in [2.45, 2.75) is 31.7 Å². The van der Waals surface area contributed by atoms with E-state index >= 15 is 0 Å². The third kappa shape index (κ3) is 2.94. The number of aromatic nitrogens is 1. The first-order chi connectivity index (χ1) is 10.8. The number of benzene rings is 1. The third-order valence-corrected chi connectivity index (χ3v) is 4.24. The van der Waals surface area contributed by atoms with E-state index in [0.29, 0.717) is 11.8 Å². The minimum atomic E-state index is 0.0702. The van der Waals surface area contributed by atoms with E-state index in [1.807, 2.05) is 30.3 Å². The van der Waals surface area contributed by atoms with Crippen LogP contribution in [0.3, 0.4) is 0 Å². The van der Waals surface area contributed by atoms with E-state index in [1.54, 1.807) is 7.11 Å². The molecule has 0 radical (unpaired) electrons. The maximum atomic E-state index is 8.54. The Labute approximate surface area is 130 Å². The molecule has 1 aliphatic rings. The van der Waals surface area contributed by atoms with E-state index in [9.17, 15) is 0 Å². The van der Waals surface area contributed by atoms with Crippen LogP contribution in [0.4, 0.5) is 0 Å². The van der Waals surface area contributed by atoms with Gasteiger partial charge in [0.1, 0.15) is 17.6 Å². The highest BCUT2D eigenvalue weighted by molar-refractivity contribution is 5.70. The van der Waals surface area contributed by atoms with Crippen molar-refractivity contribution < 1.29 is 9.47 Å². The van der Waals surface area contributed by atoms with Crippen molar-refractivity contribution in [2.75, 3.05) is 13.7 Å². The lowest BCUT2D eigenvalue weighted by atomic mass is 10.1. The predicted octanol–water partition coefficient (Wildman–Crippen LogP) is 4.18. The van der Waals surface area contributed by atoms with Gasteiger partial charge in [0, 0.05) is 24.0 Å². The third-order valence-electron chi connectivity index (χ3n) is 4.24. The van der Waals surface area contributed by atoms with E-state index in [0.717, 1.165) is 16.9 Å². The summed E-state index contributed by atoms with van der Waals surface area (Å²) >= 11 is 0. The number of nitrogens with zero attached hydrogens (tertiary/aromatic N) is 2. The lowest BCUT2D eigenvalue weighted by Gasteiger charge is -2.10. The molecule has 1 aliphatic carbocycles. The number of hydrogen-bond acceptors (Lipinski definition) is 3. The van der Waals surface area contributed by atoms with Crippen molar-refractivity contribution in [3.05, 3.63) is 36.7 Å². The number of hydrogen-bond donors (Lipinski definition) is 0. The topological polar surface area (TPSA) is 47.2 Å². The molecule has 114 valence electrons. The molecule has 1 heterocycles. The van der Waals surface area contributed by atoms with Crippen LogP contribution in [0, 0.1) is 11.3 Å². The fraction of sp³-hybridized carbons (Fsp3) is 0.389. The quantitative estimate of drug-likeness (QED) is 0.831. The summed E-state index contributed by atoms with van der Waals surface area (Å²) in [5.41, 5.74) is 2.19. The molecule has 0 atom stereocenters. The molecule has 0 saturated heterocycles. The standard InChI is InChI=1S/C18H20N2O2/c1-21-18-13-20(15-4-2-3-5-15)12-17(18)14-6-8-16(9-7-14)22-11-10-19/h6-9,12-13,15H,2-5,11H2,1H3. The fourth-order valence-electron chi connectivity index (χ4n) is 3.09. The van der Waals surface area contributed by atoms with Crippen molar-refractivity contribution in [2.24, 2.45) is 0 Å². The molecule has 1 saturated carbocycles. The van der Waals surface area contributed by atoms with E-state index in [1.165, 1.54) is 25.7 Å². The summed E-state index contributed by atoms with van der Waals surface area (Å²) in [6.07, 6.45) is 9.40. The summed E-state index contributed by atoms with van der Waals surface area (Å²) in [4.78, 5) is 0. The average molecular weight is 296 g/mol. The van der Waals surface area contributed by atoms with Gasteiger partial charge in [-0.3, -0.25) is 0 Å². The molecule has 0 unspecified atom stereocenters. The fourth-order valence-corrected chi connectivity index (χ4v) is 3.09. The Morgan fingerprint density at radius 3 is 2.55 bits per heavy atom. The summed E-state index contributed by atoms with van der Waals surface area (Å²) in [7, 11) is 1.71. The summed E-state index contributed by atoms with van der Waals surface area (Å²) in [5.74, 6) is 1.61. The normalized spacial score (nSPS) is 14.7. The average Bonchev–Trinajstić information content (AvgIpc) is 3.22. The van der Waals surface area contributed by atoms with Crippen LogP contribution < -0.4 is 9.47 Å². The molecule has 1 aromatic carbocycles. The number of ether oxygens (including phenoxy) is 2. The summed E-state index contributed by atoms with van der Waals surface area (Å²) < 4.78 is 13.1. The van der Waals surface area contributed by atoms with Crippen molar-refractivity contribution in [1.29, 1.82) is 5.26 Å². The molecule has 0 spiro atoms. The van der Waals surface area contributed by atoms with Crippen LogP contribution in [0.2, 0.25) is 0 Å². The van der Waals surface area contributed by atoms with E-state index in [4.69, 9.17) is 14.7 Å². The van der Waals surface area contributed by atoms with E-state index in [2.05, 4.69) is 17.0 Å². The maximum absolute atomic E-state index is 8.54. The first kappa shape index (κ1) is 14.5. The van der Waals surface area contributed by atoms with E-state index < -0.39 is 0 Å². The second-order valence-electron chi connectivity index (χ2n) is 5.60. The van der Waals surface area contributed by atoms with Gasteiger partial charge in [0.05, 0.1) is 7.11 Å². The van der Waals surface area contributed by atoms with Crippen molar-refractivity contribution in [3.8, 4) is 28.7 Å². The van der Waals surface area contributed by atoms with Gasteiger partial charge in [-0.2, -0.15) is 5.26 Å². The molecule has 0 bridgehead atoms. The Hall–Kier alpha value is -2.41. The summed E-state index contributed by atoms with van der Waals surface area (Å²) in [5, 5.41) is 8.54. The highest BCUT2D eigenvalue weighted by Crippen LogP contribution is 2.37. The number of nitriles is 1. The Kier molecular flexibility index (Phi) is 4.34. The van der Waals surface area contributed by atoms with Gasteiger partial charge in [-0.05, 0) is 30.5 Å². The Morgan fingerprint density at radius 2 is 1.91 bits per heavy atom. The molecule has 1 fully saturated rings. The van der Waals surface area contributed by atoms with Crippen LogP contribution in [0.25, 0.3) is 11.1 Å². The molecule has 0 N–H and O–H groups in total. The summed E-state index contributed by atoms with van der Waals surface area (Å²) in [6.45, 7) is 0.0702. The lowest BCUT2D eigenvalue weighted by molar-refractivity contribution is 0.368. The Bertz CT molecular complexity index is 661. The molecule has 4 heteroatoms. The van der Waals surface area contributed by atoms with Crippen molar-refractivity contribution >= 4 is 0 Å². The summed E-state index contributed by atoms with van der Waals surface area (Å²) in [6, 6.07) is 10.4. The zero-order valence-electron chi connectivity index (χ0n) is 12.8. The zero-order chi connectivity index (χ0) is 15.4.